The lowest BCUT2D eigenvalue weighted by Crippen LogP contribution is -2.08. The third kappa shape index (κ3) is 3.04. The predicted molar refractivity (Wildman–Crippen MR) is 79.6 cm³/mol. The minimum absolute atomic E-state index is 0.219. The van der Waals surface area contributed by atoms with Gasteiger partial charge in [-0.25, -0.2) is 4.39 Å². The van der Waals surface area contributed by atoms with E-state index in [4.69, 9.17) is 28.5 Å². The molecule has 2 nitrogen and oxygen atoms in total. The van der Waals surface area contributed by atoms with Gasteiger partial charge in [-0.2, -0.15) is 5.26 Å². The van der Waals surface area contributed by atoms with E-state index >= 15 is 0 Å². The quantitative estimate of drug-likeness (QED) is 0.848. The summed E-state index contributed by atoms with van der Waals surface area (Å²) in [5, 5.41) is 12.6. The fraction of sp³-hybridized carbons (Fsp3) is 0.133. The highest BCUT2D eigenvalue weighted by molar-refractivity contribution is 6.42. The second-order valence-corrected chi connectivity index (χ2v) is 5.10. The molecule has 0 amide bonds. The summed E-state index contributed by atoms with van der Waals surface area (Å²) >= 11 is 12.1. The van der Waals surface area contributed by atoms with E-state index in [-0.39, 0.29) is 11.6 Å². The minimum atomic E-state index is -0.478. The van der Waals surface area contributed by atoms with Crippen LogP contribution in [0.5, 0.6) is 0 Å². The molecule has 0 aliphatic heterocycles. The summed E-state index contributed by atoms with van der Waals surface area (Å²) in [4.78, 5) is 0. The Kier molecular flexibility index (Phi) is 4.49. The number of halogens is 3. The Hall–Kier alpha value is -1.76. The van der Waals surface area contributed by atoms with Crippen molar-refractivity contribution < 1.29 is 4.39 Å². The molecule has 0 heterocycles. The van der Waals surface area contributed by atoms with E-state index in [2.05, 4.69) is 5.32 Å². The van der Waals surface area contributed by atoms with Crippen LogP contribution in [0.25, 0.3) is 0 Å². The maximum absolute atomic E-state index is 13.8. The first-order valence-electron chi connectivity index (χ1n) is 5.93. The van der Waals surface area contributed by atoms with Crippen molar-refractivity contribution in [3.63, 3.8) is 0 Å². The Labute approximate surface area is 126 Å². The Morgan fingerprint density at radius 1 is 1.25 bits per heavy atom. The number of hydrogen-bond donors (Lipinski definition) is 1. The fourth-order valence-corrected chi connectivity index (χ4v) is 2.34. The number of nitrogens with one attached hydrogen (secondary N) is 1. The van der Waals surface area contributed by atoms with Gasteiger partial charge in [0.05, 0.1) is 33.4 Å². The summed E-state index contributed by atoms with van der Waals surface area (Å²) in [6.07, 6.45) is 0. The molecule has 0 radical (unpaired) electrons. The van der Waals surface area contributed by atoms with Gasteiger partial charge in [-0.3, -0.25) is 0 Å². The molecule has 0 aliphatic rings. The van der Waals surface area contributed by atoms with Crippen molar-refractivity contribution in [3.8, 4) is 6.07 Å². The SMILES string of the molecule is CC(Nc1ccc(C#N)cc1F)c1cccc(Cl)c1Cl. The topological polar surface area (TPSA) is 35.8 Å². The molecule has 1 N–H and O–H groups in total. The van der Waals surface area contributed by atoms with E-state index in [1.54, 1.807) is 18.2 Å². The molecule has 5 heteroatoms. The van der Waals surface area contributed by atoms with Crippen LogP contribution in [-0.2, 0) is 0 Å². The van der Waals surface area contributed by atoms with Crippen molar-refractivity contribution in [2.45, 2.75) is 13.0 Å². The van der Waals surface area contributed by atoms with Crippen LogP contribution in [0.4, 0.5) is 10.1 Å². The van der Waals surface area contributed by atoms with Crippen molar-refractivity contribution in [1.29, 1.82) is 5.26 Å². The molecule has 2 aromatic rings. The van der Waals surface area contributed by atoms with Crippen LogP contribution >= 0.6 is 23.2 Å². The van der Waals surface area contributed by atoms with Crippen molar-refractivity contribution in [2.75, 3.05) is 5.32 Å². The maximum atomic E-state index is 13.8. The molecule has 102 valence electrons. The highest BCUT2D eigenvalue weighted by Crippen LogP contribution is 2.32. The molecule has 0 fully saturated rings. The van der Waals surface area contributed by atoms with Gasteiger partial charge in [0.1, 0.15) is 5.82 Å². The first-order valence-corrected chi connectivity index (χ1v) is 6.68. The third-order valence-electron chi connectivity index (χ3n) is 2.92. The van der Waals surface area contributed by atoms with Crippen LogP contribution in [-0.4, -0.2) is 0 Å². The summed E-state index contributed by atoms with van der Waals surface area (Å²) in [6.45, 7) is 1.86. The third-order valence-corrected chi connectivity index (χ3v) is 3.75. The molecule has 0 spiro atoms. The van der Waals surface area contributed by atoms with Gasteiger partial charge in [0.2, 0.25) is 0 Å². The Morgan fingerprint density at radius 2 is 2.00 bits per heavy atom. The number of anilines is 1. The summed E-state index contributed by atoms with van der Waals surface area (Å²) in [6, 6.07) is 11.3. The zero-order valence-electron chi connectivity index (χ0n) is 10.6. The monoisotopic (exact) mass is 308 g/mol. The fourth-order valence-electron chi connectivity index (χ4n) is 1.87. The van der Waals surface area contributed by atoms with Crippen LogP contribution in [0.2, 0.25) is 10.0 Å². The van der Waals surface area contributed by atoms with Gasteiger partial charge < -0.3 is 5.32 Å². The average molecular weight is 309 g/mol. The van der Waals surface area contributed by atoms with Gasteiger partial charge in [0.25, 0.3) is 0 Å². The van der Waals surface area contributed by atoms with E-state index < -0.39 is 5.82 Å². The summed E-state index contributed by atoms with van der Waals surface area (Å²) < 4.78 is 13.8. The van der Waals surface area contributed by atoms with Gasteiger partial charge in [-0.15, -0.1) is 0 Å². The molecule has 0 saturated heterocycles. The summed E-state index contributed by atoms with van der Waals surface area (Å²) in [5.74, 6) is -0.478. The second kappa shape index (κ2) is 6.13. The van der Waals surface area contributed by atoms with Crippen molar-refractivity contribution in [1.82, 2.24) is 0 Å². The summed E-state index contributed by atoms with van der Waals surface area (Å²) in [7, 11) is 0. The van der Waals surface area contributed by atoms with Crippen molar-refractivity contribution in [2.24, 2.45) is 0 Å². The Bertz CT molecular complexity index is 680. The van der Waals surface area contributed by atoms with Crippen LogP contribution in [0.1, 0.15) is 24.1 Å². The predicted octanol–water partition coefficient (Wildman–Crippen LogP) is 5.18. The molecule has 1 atom stereocenters. The van der Waals surface area contributed by atoms with Gasteiger partial charge in [0.15, 0.2) is 0 Å². The van der Waals surface area contributed by atoms with Gasteiger partial charge in [-0.1, -0.05) is 35.3 Å². The highest BCUT2D eigenvalue weighted by atomic mass is 35.5. The number of nitrogens with zero attached hydrogens (tertiary/aromatic N) is 1. The molecular weight excluding hydrogens is 298 g/mol. The van der Waals surface area contributed by atoms with Crippen LogP contribution in [0.15, 0.2) is 36.4 Å². The molecule has 0 bridgehead atoms. The maximum Gasteiger partial charge on any atom is 0.147 e. The number of nitriles is 1. The lowest BCUT2D eigenvalue weighted by atomic mass is 10.1. The molecule has 0 saturated carbocycles. The van der Waals surface area contributed by atoms with Gasteiger partial charge in [-0.05, 0) is 36.8 Å². The Balaban J connectivity index is 2.26. The lowest BCUT2D eigenvalue weighted by Gasteiger charge is -2.18. The Morgan fingerprint density at radius 3 is 2.65 bits per heavy atom. The largest absolute Gasteiger partial charge is 0.376 e. The highest BCUT2D eigenvalue weighted by Gasteiger charge is 2.13. The van der Waals surface area contributed by atoms with Crippen LogP contribution in [0, 0.1) is 17.1 Å². The number of benzene rings is 2. The molecule has 1 unspecified atom stereocenters. The molecule has 0 aromatic heterocycles. The first-order chi connectivity index (χ1) is 9.52. The van der Waals surface area contributed by atoms with Crippen LogP contribution in [0.3, 0.4) is 0 Å². The molecule has 2 aromatic carbocycles. The molecule has 2 rings (SSSR count). The smallest absolute Gasteiger partial charge is 0.147 e. The van der Waals surface area contributed by atoms with Crippen molar-refractivity contribution >= 4 is 28.9 Å². The van der Waals surface area contributed by atoms with E-state index in [1.165, 1.54) is 12.1 Å². The van der Waals surface area contributed by atoms with E-state index in [9.17, 15) is 4.39 Å². The lowest BCUT2D eigenvalue weighted by molar-refractivity contribution is 0.627. The van der Waals surface area contributed by atoms with E-state index in [0.29, 0.717) is 15.7 Å². The van der Waals surface area contributed by atoms with E-state index in [1.807, 2.05) is 19.1 Å². The second-order valence-electron chi connectivity index (χ2n) is 4.32. The van der Waals surface area contributed by atoms with Crippen LogP contribution < -0.4 is 5.32 Å². The number of rotatable bonds is 3. The zero-order valence-corrected chi connectivity index (χ0v) is 12.1. The van der Waals surface area contributed by atoms with Gasteiger partial charge >= 0.3 is 0 Å². The molecular formula is C15H11Cl2FN2. The molecule has 0 aliphatic carbocycles. The standard InChI is InChI=1S/C15H11Cl2FN2/c1-9(11-3-2-4-12(16)15(11)17)20-14-6-5-10(8-19)7-13(14)18/h2-7,9,20H,1H3. The average Bonchev–Trinajstić information content (AvgIpc) is 2.44. The van der Waals surface area contributed by atoms with Crippen molar-refractivity contribution in [3.05, 3.63) is 63.4 Å². The summed E-state index contributed by atoms with van der Waals surface area (Å²) in [5.41, 5.74) is 1.37. The van der Waals surface area contributed by atoms with E-state index in [0.717, 1.165) is 5.56 Å². The van der Waals surface area contributed by atoms with Gasteiger partial charge in [0, 0.05) is 0 Å². The number of hydrogen-bond acceptors (Lipinski definition) is 2. The first kappa shape index (κ1) is 14.6. The molecule has 20 heavy (non-hydrogen) atoms. The zero-order chi connectivity index (χ0) is 14.7. The minimum Gasteiger partial charge on any atom is -0.376 e. The normalized spacial score (nSPS) is 11.8.